The first kappa shape index (κ1) is 24.0. The Balaban J connectivity index is 1.72. The molecule has 0 unspecified atom stereocenters. The fourth-order valence-electron chi connectivity index (χ4n) is 3.13. The van der Waals surface area contributed by atoms with E-state index in [0.717, 1.165) is 18.2 Å². The highest BCUT2D eigenvalue weighted by Gasteiger charge is 2.16. The third-order valence-electron chi connectivity index (χ3n) is 4.85. The monoisotopic (exact) mass is 501 g/mol. The summed E-state index contributed by atoms with van der Waals surface area (Å²) in [7, 11) is 1.59. The summed E-state index contributed by atoms with van der Waals surface area (Å²) in [4.78, 5) is 19.2. The average Bonchev–Trinajstić information content (AvgIpc) is 3.28. The third-order valence-corrected chi connectivity index (χ3v) is 5.14. The van der Waals surface area contributed by atoms with Crippen LogP contribution < -0.4 is 10.6 Å². The van der Waals surface area contributed by atoms with Crippen LogP contribution in [0.15, 0.2) is 55.0 Å². The van der Waals surface area contributed by atoms with Gasteiger partial charge in [0.2, 0.25) is 5.95 Å². The molecule has 10 nitrogen and oxygen atoms in total. The summed E-state index contributed by atoms with van der Waals surface area (Å²) in [6.45, 7) is 1.03. The van der Waals surface area contributed by atoms with Crippen LogP contribution in [0.2, 0.25) is 5.02 Å². The first-order valence-electron chi connectivity index (χ1n) is 10.2. The van der Waals surface area contributed by atoms with Crippen LogP contribution in [0.25, 0.3) is 11.1 Å². The molecule has 2 aromatic heterocycles. The number of anilines is 4. The summed E-state index contributed by atoms with van der Waals surface area (Å²) in [6, 6.07) is 7.08. The largest absolute Gasteiger partial charge is 0.383 e. The predicted octanol–water partition coefficient (Wildman–Crippen LogP) is 5.31. The first-order valence-corrected chi connectivity index (χ1v) is 10.5. The summed E-state index contributed by atoms with van der Waals surface area (Å²) >= 11 is 5.93. The molecule has 180 valence electrons. The molecule has 0 fully saturated rings. The molecule has 2 N–H and O–H groups in total. The molecule has 4 rings (SSSR count). The van der Waals surface area contributed by atoms with Gasteiger partial charge in [-0.1, -0.05) is 17.7 Å². The summed E-state index contributed by atoms with van der Waals surface area (Å²) < 4.78 is 34.9. The zero-order chi connectivity index (χ0) is 24.9. The Kier molecular flexibility index (Phi) is 7.13. The second-order valence-corrected chi connectivity index (χ2v) is 7.65. The van der Waals surface area contributed by atoms with E-state index in [-0.39, 0.29) is 28.2 Å². The number of nitrogens with zero attached hydrogens (tertiary/aromatic N) is 5. The van der Waals surface area contributed by atoms with Crippen molar-refractivity contribution < 1.29 is 18.4 Å². The summed E-state index contributed by atoms with van der Waals surface area (Å²) in [5.41, 5.74) is 0.913. The van der Waals surface area contributed by atoms with Gasteiger partial charge in [0.25, 0.3) is 5.69 Å². The average molecular weight is 502 g/mol. The van der Waals surface area contributed by atoms with Crippen LogP contribution in [-0.2, 0) is 11.3 Å². The Bertz CT molecular complexity index is 1380. The summed E-state index contributed by atoms with van der Waals surface area (Å²) in [5, 5.41) is 21.0. The molecular weight excluding hydrogens is 484 g/mol. The number of rotatable bonds is 9. The number of nitrogens with one attached hydrogen (secondary N) is 2. The van der Waals surface area contributed by atoms with E-state index in [2.05, 4.69) is 25.7 Å². The van der Waals surface area contributed by atoms with E-state index in [4.69, 9.17) is 16.3 Å². The maximum atomic E-state index is 14.5. The van der Waals surface area contributed by atoms with Gasteiger partial charge in [0, 0.05) is 37.2 Å². The molecule has 0 spiro atoms. The van der Waals surface area contributed by atoms with E-state index >= 15 is 0 Å². The number of hydrogen-bond acceptors (Lipinski definition) is 8. The van der Waals surface area contributed by atoms with Gasteiger partial charge in [0.15, 0.2) is 0 Å². The smallest absolute Gasteiger partial charge is 0.271 e. The zero-order valence-electron chi connectivity index (χ0n) is 18.2. The Morgan fingerprint density at radius 1 is 1.14 bits per heavy atom. The quantitative estimate of drug-likeness (QED) is 0.234. The maximum Gasteiger partial charge on any atom is 0.271 e. The summed E-state index contributed by atoms with van der Waals surface area (Å²) in [6.07, 6.45) is 4.73. The lowest BCUT2D eigenvalue weighted by atomic mass is 10.1. The fourth-order valence-corrected chi connectivity index (χ4v) is 3.31. The van der Waals surface area contributed by atoms with Crippen molar-refractivity contribution in [2.45, 2.75) is 6.54 Å². The molecule has 0 atom stereocenters. The highest BCUT2D eigenvalue weighted by atomic mass is 35.5. The van der Waals surface area contributed by atoms with Gasteiger partial charge in [-0.15, -0.1) is 0 Å². The standard InChI is InChI=1S/C22H18ClF2N7O3/c1-35-7-6-31-12-14(10-27-31)28-22-26-11-16(13-2-4-18(24)17(23)8-13)21(30-22)29-20-9-15(32(33)34)3-5-19(20)25/h2-5,8-12H,6-7H2,1H3,(H2,26,28,29,30). The number of nitro benzene ring substituents is 1. The van der Waals surface area contributed by atoms with Crippen LogP contribution >= 0.6 is 11.6 Å². The Morgan fingerprint density at radius 2 is 1.94 bits per heavy atom. The molecule has 0 bridgehead atoms. The SMILES string of the molecule is COCCn1cc(Nc2ncc(-c3ccc(F)c(Cl)c3)c(Nc3cc([N+](=O)[O-])ccc3F)n2)cn1. The van der Waals surface area contributed by atoms with Crippen LogP contribution in [0.5, 0.6) is 0 Å². The molecule has 13 heteroatoms. The van der Waals surface area contributed by atoms with E-state index in [9.17, 15) is 18.9 Å². The number of methoxy groups -OCH3 is 1. The molecule has 0 saturated heterocycles. The molecule has 0 amide bonds. The van der Waals surface area contributed by atoms with Gasteiger partial charge in [0.1, 0.15) is 17.5 Å². The lowest BCUT2D eigenvalue weighted by Crippen LogP contribution is -2.05. The van der Waals surface area contributed by atoms with Crippen LogP contribution in [0, 0.1) is 21.7 Å². The van der Waals surface area contributed by atoms with Gasteiger partial charge < -0.3 is 15.4 Å². The van der Waals surface area contributed by atoms with Crippen molar-refractivity contribution in [1.82, 2.24) is 19.7 Å². The van der Waals surface area contributed by atoms with Gasteiger partial charge in [-0.3, -0.25) is 14.8 Å². The lowest BCUT2D eigenvalue weighted by Gasteiger charge is -2.14. The van der Waals surface area contributed by atoms with Crippen molar-refractivity contribution in [3.63, 3.8) is 0 Å². The van der Waals surface area contributed by atoms with E-state index in [0.29, 0.717) is 30.0 Å². The van der Waals surface area contributed by atoms with E-state index < -0.39 is 16.6 Å². The van der Waals surface area contributed by atoms with E-state index in [1.54, 1.807) is 24.2 Å². The third kappa shape index (κ3) is 5.67. The highest BCUT2D eigenvalue weighted by molar-refractivity contribution is 6.31. The van der Waals surface area contributed by atoms with Crippen molar-refractivity contribution in [2.24, 2.45) is 0 Å². The van der Waals surface area contributed by atoms with Crippen molar-refractivity contribution in [2.75, 3.05) is 24.4 Å². The van der Waals surface area contributed by atoms with Crippen LogP contribution in [-0.4, -0.2) is 38.4 Å². The van der Waals surface area contributed by atoms with Crippen molar-refractivity contribution in [1.29, 1.82) is 0 Å². The van der Waals surface area contributed by atoms with E-state index in [1.165, 1.54) is 24.4 Å². The van der Waals surface area contributed by atoms with Gasteiger partial charge in [0.05, 0.1) is 40.7 Å². The molecular formula is C22H18ClF2N7O3. The molecule has 0 saturated carbocycles. The molecule has 0 aliphatic carbocycles. The van der Waals surface area contributed by atoms with Crippen LogP contribution in [0.4, 0.5) is 37.6 Å². The number of benzene rings is 2. The predicted molar refractivity (Wildman–Crippen MR) is 126 cm³/mol. The highest BCUT2D eigenvalue weighted by Crippen LogP contribution is 2.33. The number of aromatic nitrogens is 4. The lowest BCUT2D eigenvalue weighted by molar-refractivity contribution is -0.384. The Morgan fingerprint density at radius 3 is 2.69 bits per heavy atom. The number of nitro groups is 1. The zero-order valence-corrected chi connectivity index (χ0v) is 19.0. The summed E-state index contributed by atoms with van der Waals surface area (Å²) in [5.74, 6) is -1.09. The van der Waals surface area contributed by atoms with Gasteiger partial charge in [-0.05, 0) is 23.8 Å². The number of halogens is 3. The molecule has 35 heavy (non-hydrogen) atoms. The molecule has 4 aromatic rings. The van der Waals surface area contributed by atoms with Gasteiger partial charge in [-0.2, -0.15) is 10.1 Å². The van der Waals surface area contributed by atoms with Gasteiger partial charge in [-0.25, -0.2) is 13.8 Å². The number of hydrogen-bond donors (Lipinski definition) is 2. The first-order chi connectivity index (χ1) is 16.8. The van der Waals surface area contributed by atoms with Gasteiger partial charge >= 0.3 is 0 Å². The fraction of sp³-hybridized carbons (Fsp3) is 0.136. The number of ether oxygens (including phenoxy) is 1. The second-order valence-electron chi connectivity index (χ2n) is 7.24. The number of non-ortho nitro benzene ring substituents is 1. The minimum absolute atomic E-state index is 0.108. The molecule has 0 radical (unpaired) electrons. The second kappa shape index (κ2) is 10.4. The molecule has 0 aliphatic heterocycles. The topological polar surface area (TPSA) is 120 Å². The molecule has 2 heterocycles. The Hall–Kier alpha value is -4.16. The van der Waals surface area contributed by atoms with Crippen molar-refractivity contribution in [3.8, 4) is 11.1 Å². The van der Waals surface area contributed by atoms with Crippen molar-refractivity contribution >= 4 is 40.4 Å². The minimum Gasteiger partial charge on any atom is -0.383 e. The van der Waals surface area contributed by atoms with Crippen LogP contribution in [0.3, 0.4) is 0 Å². The molecule has 2 aromatic carbocycles. The van der Waals surface area contributed by atoms with E-state index in [1.807, 2.05) is 0 Å². The molecule has 0 aliphatic rings. The normalized spacial score (nSPS) is 10.9. The minimum atomic E-state index is -0.730. The van der Waals surface area contributed by atoms with Crippen LogP contribution in [0.1, 0.15) is 0 Å². The van der Waals surface area contributed by atoms with Crippen molar-refractivity contribution in [3.05, 3.63) is 81.8 Å². The Labute approximate surface area is 202 Å². The maximum absolute atomic E-state index is 14.5.